The Morgan fingerprint density at radius 1 is 1.08 bits per heavy atom. The minimum Gasteiger partial charge on any atom is -0.454 e. The predicted octanol–water partition coefficient (Wildman–Crippen LogP) is 3.56. The SMILES string of the molecule is Cn1c2c(c3ccccc31)CC1c3cc4c(cc3CCN1C2)OCO4. The summed E-state index contributed by atoms with van der Waals surface area (Å²) in [5, 5.41) is 1.41. The van der Waals surface area contributed by atoms with Crippen molar-refractivity contribution in [2.45, 2.75) is 25.4 Å². The quantitative estimate of drug-likeness (QED) is 0.630. The van der Waals surface area contributed by atoms with Crippen LogP contribution in [-0.2, 0) is 26.4 Å². The Balaban J connectivity index is 1.51. The van der Waals surface area contributed by atoms with Gasteiger partial charge in [-0.3, -0.25) is 4.90 Å². The Bertz CT molecular complexity index is 1020. The third kappa shape index (κ3) is 1.80. The van der Waals surface area contributed by atoms with Gasteiger partial charge in [0, 0.05) is 42.8 Å². The van der Waals surface area contributed by atoms with Crippen LogP contribution in [0.2, 0.25) is 0 Å². The second-order valence-electron chi connectivity index (χ2n) is 7.35. The minimum atomic E-state index is 0.347. The molecule has 0 saturated carbocycles. The van der Waals surface area contributed by atoms with Gasteiger partial charge in [0.1, 0.15) is 0 Å². The lowest BCUT2D eigenvalue weighted by Gasteiger charge is -2.41. The summed E-state index contributed by atoms with van der Waals surface area (Å²) in [6.45, 7) is 2.48. The van der Waals surface area contributed by atoms with Gasteiger partial charge in [-0.1, -0.05) is 18.2 Å². The molecule has 0 amide bonds. The summed E-state index contributed by atoms with van der Waals surface area (Å²) in [6, 6.07) is 13.7. The van der Waals surface area contributed by atoms with Crippen molar-refractivity contribution >= 4 is 10.9 Å². The van der Waals surface area contributed by atoms with Gasteiger partial charge in [-0.2, -0.15) is 0 Å². The van der Waals surface area contributed by atoms with Crippen molar-refractivity contribution in [1.29, 1.82) is 0 Å². The third-order valence-electron chi connectivity index (χ3n) is 6.20. The maximum absolute atomic E-state index is 5.64. The predicted molar refractivity (Wildman–Crippen MR) is 96.0 cm³/mol. The number of fused-ring (bicyclic) bond motifs is 7. The normalized spacial score (nSPS) is 21.1. The number of nitrogens with zero attached hydrogens (tertiary/aromatic N) is 2. The molecule has 2 aromatic carbocycles. The van der Waals surface area contributed by atoms with Gasteiger partial charge in [0.2, 0.25) is 6.79 Å². The first-order valence-electron chi connectivity index (χ1n) is 9.01. The van der Waals surface area contributed by atoms with Crippen molar-refractivity contribution in [3.8, 4) is 11.5 Å². The van der Waals surface area contributed by atoms with E-state index >= 15 is 0 Å². The average molecular weight is 332 g/mol. The zero-order chi connectivity index (χ0) is 16.5. The molecule has 1 atom stereocenters. The fourth-order valence-corrected chi connectivity index (χ4v) is 4.91. The van der Waals surface area contributed by atoms with Gasteiger partial charge in [0.05, 0.1) is 0 Å². The number of aromatic nitrogens is 1. The maximum Gasteiger partial charge on any atom is 0.231 e. The number of hydrogen-bond acceptors (Lipinski definition) is 3. The summed E-state index contributed by atoms with van der Waals surface area (Å²) in [6.07, 6.45) is 2.16. The van der Waals surface area contributed by atoms with Crippen molar-refractivity contribution in [2.24, 2.45) is 7.05 Å². The Kier molecular flexibility index (Phi) is 2.64. The van der Waals surface area contributed by atoms with E-state index in [0.717, 1.165) is 37.4 Å². The van der Waals surface area contributed by atoms with E-state index in [9.17, 15) is 0 Å². The van der Waals surface area contributed by atoms with Gasteiger partial charge in [0.25, 0.3) is 0 Å². The molecule has 0 radical (unpaired) electrons. The molecule has 0 aliphatic carbocycles. The fraction of sp³-hybridized carbons (Fsp3) is 0.333. The molecule has 6 rings (SSSR count). The Labute approximate surface area is 146 Å². The van der Waals surface area contributed by atoms with Crippen LogP contribution in [0.3, 0.4) is 0 Å². The molecule has 3 aliphatic heterocycles. The van der Waals surface area contributed by atoms with Crippen molar-refractivity contribution in [1.82, 2.24) is 9.47 Å². The number of hydrogen-bond donors (Lipinski definition) is 0. The molecule has 0 spiro atoms. The lowest BCUT2D eigenvalue weighted by atomic mass is 9.85. The lowest BCUT2D eigenvalue weighted by molar-refractivity contribution is 0.157. The van der Waals surface area contributed by atoms with Gasteiger partial charge >= 0.3 is 0 Å². The number of aryl methyl sites for hydroxylation is 1. The summed E-state index contributed by atoms with van der Waals surface area (Å²) >= 11 is 0. The first-order valence-corrected chi connectivity index (χ1v) is 9.01. The molecule has 4 nitrogen and oxygen atoms in total. The van der Waals surface area contributed by atoms with E-state index in [1.807, 2.05) is 0 Å². The fourth-order valence-electron chi connectivity index (χ4n) is 4.91. The molecule has 3 aromatic rings. The second kappa shape index (κ2) is 4.79. The van der Waals surface area contributed by atoms with Crippen molar-refractivity contribution in [3.63, 3.8) is 0 Å². The second-order valence-corrected chi connectivity index (χ2v) is 7.35. The molecular weight excluding hydrogens is 312 g/mol. The zero-order valence-electron chi connectivity index (χ0n) is 14.3. The molecule has 0 N–H and O–H groups in total. The average Bonchev–Trinajstić information content (AvgIpc) is 3.22. The largest absolute Gasteiger partial charge is 0.454 e. The van der Waals surface area contributed by atoms with E-state index in [4.69, 9.17) is 9.47 Å². The summed E-state index contributed by atoms with van der Waals surface area (Å²) in [5.74, 6) is 1.82. The monoisotopic (exact) mass is 332 g/mol. The van der Waals surface area contributed by atoms with Gasteiger partial charge in [-0.05, 0) is 47.7 Å². The molecular formula is C21H20N2O2. The van der Waals surface area contributed by atoms with Crippen LogP contribution in [0.1, 0.15) is 28.4 Å². The summed E-state index contributed by atoms with van der Waals surface area (Å²) in [7, 11) is 2.21. The van der Waals surface area contributed by atoms with Crippen molar-refractivity contribution < 1.29 is 9.47 Å². The van der Waals surface area contributed by atoms with Crippen LogP contribution < -0.4 is 9.47 Å². The molecule has 3 aliphatic rings. The highest BCUT2D eigenvalue weighted by atomic mass is 16.7. The Hall–Kier alpha value is -2.46. The van der Waals surface area contributed by atoms with Crippen LogP contribution in [0.15, 0.2) is 36.4 Å². The van der Waals surface area contributed by atoms with Crippen LogP contribution in [0.25, 0.3) is 10.9 Å². The van der Waals surface area contributed by atoms with Gasteiger partial charge < -0.3 is 14.0 Å². The van der Waals surface area contributed by atoms with E-state index in [-0.39, 0.29) is 0 Å². The molecule has 126 valence electrons. The zero-order valence-corrected chi connectivity index (χ0v) is 14.3. The smallest absolute Gasteiger partial charge is 0.231 e. The van der Waals surface area contributed by atoms with E-state index in [2.05, 4.69) is 52.9 Å². The van der Waals surface area contributed by atoms with E-state index in [0.29, 0.717) is 12.8 Å². The molecule has 1 unspecified atom stereocenters. The maximum atomic E-state index is 5.64. The molecule has 25 heavy (non-hydrogen) atoms. The molecule has 0 saturated heterocycles. The molecule has 0 fully saturated rings. The lowest BCUT2D eigenvalue weighted by Crippen LogP contribution is -2.39. The van der Waals surface area contributed by atoms with E-state index in [1.165, 1.54) is 33.3 Å². The third-order valence-corrected chi connectivity index (χ3v) is 6.20. The van der Waals surface area contributed by atoms with Crippen LogP contribution in [0, 0.1) is 0 Å². The highest BCUT2D eigenvalue weighted by Crippen LogP contribution is 2.45. The minimum absolute atomic E-state index is 0.347. The summed E-state index contributed by atoms with van der Waals surface area (Å²) in [4.78, 5) is 2.63. The standard InChI is InChI=1S/C21H20N2O2/c1-22-17-5-3-2-4-14(17)16-9-18-15-10-21-20(24-12-25-21)8-13(15)6-7-23(18)11-19(16)22/h2-5,8,10,18H,6-7,9,11-12H2,1H3. The van der Waals surface area contributed by atoms with Crippen LogP contribution in [0.4, 0.5) is 0 Å². The van der Waals surface area contributed by atoms with Gasteiger partial charge in [-0.15, -0.1) is 0 Å². The highest BCUT2D eigenvalue weighted by Gasteiger charge is 2.35. The van der Waals surface area contributed by atoms with Crippen LogP contribution >= 0.6 is 0 Å². The highest BCUT2D eigenvalue weighted by molar-refractivity contribution is 5.86. The van der Waals surface area contributed by atoms with Crippen LogP contribution in [-0.4, -0.2) is 22.8 Å². The topological polar surface area (TPSA) is 26.6 Å². The van der Waals surface area contributed by atoms with Crippen molar-refractivity contribution in [3.05, 3.63) is 58.8 Å². The summed E-state index contributed by atoms with van der Waals surface area (Å²) in [5.41, 5.74) is 7.19. The van der Waals surface area contributed by atoms with Crippen molar-refractivity contribution in [2.75, 3.05) is 13.3 Å². The number of benzene rings is 2. The molecule has 0 bridgehead atoms. The summed E-state index contributed by atoms with van der Waals surface area (Å²) < 4.78 is 13.6. The van der Waals surface area contributed by atoms with Gasteiger partial charge in [-0.25, -0.2) is 0 Å². The van der Waals surface area contributed by atoms with Gasteiger partial charge in [0.15, 0.2) is 11.5 Å². The number of para-hydroxylation sites is 1. The first kappa shape index (κ1) is 13.8. The van der Waals surface area contributed by atoms with E-state index < -0.39 is 0 Å². The van der Waals surface area contributed by atoms with E-state index in [1.54, 1.807) is 0 Å². The Morgan fingerprint density at radius 3 is 2.84 bits per heavy atom. The molecule has 4 heteroatoms. The molecule has 1 aromatic heterocycles. The molecule has 4 heterocycles. The number of ether oxygens (including phenoxy) is 2. The first-order chi connectivity index (χ1) is 12.3. The Morgan fingerprint density at radius 2 is 1.92 bits per heavy atom. The number of rotatable bonds is 0. The van der Waals surface area contributed by atoms with Crippen LogP contribution in [0.5, 0.6) is 11.5 Å².